The minimum absolute atomic E-state index is 0.0131. The van der Waals surface area contributed by atoms with Crippen LogP contribution in [0.25, 0.3) is 6.08 Å². The summed E-state index contributed by atoms with van der Waals surface area (Å²) >= 11 is 0. The first kappa shape index (κ1) is 13.4. The van der Waals surface area contributed by atoms with Crippen molar-refractivity contribution in [3.63, 3.8) is 0 Å². The quantitative estimate of drug-likeness (QED) is 0.813. The van der Waals surface area contributed by atoms with E-state index in [1.807, 2.05) is 51.1 Å². The SMILES string of the molecule is CCC(=O)N1C=Cc2ccccc2C1(C#N)C(C)C. The molecule has 0 saturated carbocycles. The maximum Gasteiger partial charge on any atom is 0.227 e. The molecule has 1 aromatic rings. The van der Waals surface area contributed by atoms with Crippen molar-refractivity contribution in [1.29, 1.82) is 5.26 Å². The third-order valence-corrected chi connectivity index (χ3v) is 3.73. The molecule has 19 heavy (non-hydrogen) atoms. The van der Waals surface area contributed by atoms with Crippen LogP contribution in [0.3, 0.4) is 0 Å². The van der Waals surface area contributed by atoms with Crippen molar-refractivity contribution in [3.05, 3.63) is 41.6 Å². The molecule has 1 unspecified atom stereocenters. The third-order valence-electron chi connectivity index (χ3n) is 3.73. The van der Waals surface area contributed by atoms with Crippen LogP contribution < -0.4 is 0 Å². The Morgan fingerprint density at radius 3 is 2.68 bits per heavy atom. The van der Waals surface area contributed by atoms with Gasteiger partial charge in [0.1, 0.15) is 0 Å². The number of hydrogen-bond acceptors (Lipinski definition) is 2. The average molecular weight is 254 g/mol. The highest BCUT2D eigenvalue weighted by atomic mass is 16.2. The molecule has 0 bridgehead atoms. The number of hydrogen-bond donors (Lipinski definition) is 0. The van der Waals surface area contributed by atoms with Crippen LogP contribution in [0.4, 0.5) is 0 Å². The van der Waals surface area contributed by atoms with Crippen molar-refractivity contribution in [3.8, 4) is 6.07 Å². The molecule has 1 heterocycles. The molecule has 98 valence electrons. The molecular weight excluding hydrogens is 236 g/mol. The lowest BCUT2D eigenvalue weighted by atomic mass is 9.75. The molecule has 0 radical (unpaired) electrons. The lowest BCUT2D eigenvalue weighted by molar-refractivity contribution is -0.133. The summed E-state index contributed by atoms with van der Waals surface area (Å²) in [6.45, 7) is 5.78. The predicted molar refractivity (Wildman–Crippen MR) is 74.7 cm³/mol. The van der Waals surface area contributed by atoms with Crippen LogP contribution in [-0.4, -0.2) is 10.8 Å². The van der Waals surface area contributed by atoms with E-state index in [4.69, 9.17) is 0 Å². The number of benzene rings is 1. The van der Waals surface area contributed by atoms with Crippen molar-refractivity contribution in [2.75, 3.05) is 0 Å². The van der Waals surface area contributed by atoms with Crippen molar-refractivity contribution in [1.82, 2.24) is 4.90 Å². The Labute approximate surface area is 114 Å². The lowest BCUT2D eigenvalue weighted by Gasteiger charge is -2.43. The van der Waals surface area contributed by atoms with Gasteiger partial charge in [0.2, 0.25) is 5.91 Å². The van der Waals surface area contributed by atoms with Gasteiger partial charge in [0, 0.05) is 12.6 Å². The van der Waals surface area contributed by atoms with Crippen LogP contribution in [-0.2, 0) is 10.3 Å². The topological polar surface area (TPSA) is 44.1 Å². The van der Waals surface area contributed by atoms with E-state index in [9.17, 15) is 10.1 Å². The van der Waals surface area contributed by atoms with E-state index < -0.39 is 5.54 Å². The van der Waals surface area contributed by atoms with Gasteiger partial charge in [0.25, 0.3) is 0 Å². The van der Waals surface area contributed by atoms with Gasteiger partial charge in [-0.3, -0.25) is 9.69 Å². The van der Waals surface area contributed by atoms with Gasteiger partial charge in [-0.15, -0.1) is 0 Å². The number of amides is 1. The first-order valence-electron chi connectivity index (χ1n) is 6.59. The number of nitriles is 1. The molecule has 1 aliphatic rings. The second-order valence-electron chi connectivity index (χ2n) is 5.05. The van der Waals surface area contributed by atoms with E-state index in [-0.39, 0.29) is 11.8 Å². The van der Waals surface area contributed by atoms with Gasteiger partial charge in [-0.05, 0) is 23.1 Å². The summed E-state index contributed by atoms with van der Waals surface area (Å²) in [5.74, 6) is -0.0138. The zero-order chi connectivity index (χ0) is 14.0. The number of fused-ring (bicyclic) bond motifs is 1. The summed E-state index contributed by atoms with van der Waals surface area (Å²) in [4.78, 5) is 13.8. The molecule has 2 rings (SSSR count). The standard InChI is InChI=1S/C16H18N2O/c1-4-15(19)18-10-9-13-7-5-6-8-14(13)16(18,11-17)12(2)3/h5-10,12H,4H2,1-3H3. The summed E-state index contributed by atoms with van der Waals surface area (Å²) in [5, 5.41) is 9.80. The van der Waals surface area contributed by atoms with E-state index >= 15 is 0 Å². The average Bonchev–Trinajstić information content (AvgIpc) is 2.44. The Kier molecular flexibility index (Phi) is 3.44. The lowest BCUT2D eigenvalue weighted by Crippen LogP contribution is -2.50. The fourth-order valence-corrected chi connectivity index (χ4v) is 2.67. The Morgan fingerprint density at radius 1 is 1.42 bits per heavy atom. The van der Waals surface area contributed by atoms with Crippen LogP contribution in [0.1, 0.15) is 38.3 Å². The fraction of sp³-hybridized carbons (Fsp3) is 0.375. The maximum atomic E-state index is 12.2. The molecule has 3 heteroatoms. The molecule has 0 N–H and O–H groups in total. The molecule has 1 amide bonds. The normalized spacial score (nSPS) is 21.1. The number of carbonyl (C=O) groups excluding carboxylic acids is 1. The molecule has 0 fully saturated rings. The Hall–Kier alpha value is -2.08. The molecular formula is C16H18N2O. The summed E-state index contributed by atoms with van der Waals surface area (Å²) in [7, 11) is 0. The Balaban J connectivity index is 2.69. The molecule has 0 aromatic heterocycles. The minimum atomic E-state index is -0.904. The summed E-state index contributed by atoms with van der Waals surface area (Å²) in [5.41, 5.74) is 1.02. The van der Waals surface area contributed by atoms with E-state index in [2.05, 4.69) is 6.07 Å². The number of nitrogens with zero attached hydrogens (tertiary/aromatic N) is 2. The van der Waals surface area contributed by atoms with E-state index in [0.29, 0.717) is 6.42 Å². The Bertz CT molecular complexity index is 568. The maximum absolute atomic E-state index is 12.2. The van der Waals surface area contributed by atoms with Crippen LogP contribution in [0.2, 0.25) is 0 Å². The van der Waals surface area contributed by atoms with Crippen LogP contribution in [0.5, 0.6) is 0 Å². The van der Waals surface area contributed by atoms with Crippen molar-refractivity contribution in [2.45, 2.75) is 32.7 Å². The second kappa shape index (κ2) is 4.89. The van der Waals surface area contributed by atoms with Gasteiger partial charge < -0.3 is 0 Å². The van der Waals surface area contributed by atoms with E-state index in [1.165, 1.54) is 0 Å². The monoisotopic (exact) mass is 254 g/mol. The summed E-state index contributed by atoms with van der Waals surface area (Å²) < 4.78 is 0. The molecule has 3 nitrogen and oxygen atoms in total. The molecule has 1 aromatic carbocycles. The van der Waals surface area contributed by atoms with Gasteiger partial charge in [-0.25, -0.2) is 0 Å². The highest BCUT2D eigenvalue weighted by Crippen LogP contribution is 2.41. The van der Waals surface area contributed by atoms with Crippen LogP contribution in [0.15, 0.2) is 30.5 Å². The highest BCUT2D eigenvalue weighted by molar-refractivity contribution is 5.81. The van der Waals surface area contributed by atoms with Gasteiger partial charge in [0.05, 0.1) is 6.07 Å². The first-order chi connectivity index (χ1) is 9.07. The zero-order valence-corrected chi connectivity index (χ0v) is 11.6. The number of rotatable bonds is 2. The second-order valence-corrected chi connectivity index (χ2v) is 5.05. The van der Waals surface area contributed by atoms with Crippen LogP contribution >= 0.6 is 0 Å². The zero-order valence-electron chi connectivity index (χ0n) is 11.6. The van der Waals surface area contributed by atoms with E-state index in [0.717, 1.165) is 11.1 Å². The first-order valence-corrected chi connectivity index (χ1v) is 6.59. The van der Waals surface area contributed by atoms with Gasteiger partial charge in [-0.2, -0.15) is 5.26 Å². The molecule has 0 aliphatic carbocycles. The minimum Gasteiger partial charge on any atom is -0.295 e. The smallest absolute Gasteiger partial charge is 0.227 e. The molecule has 1 aliphatic heterocycles. The third kappa shape index (κ3) is 1.84. The molecule has 0 spiro atoms. The van der Waals surface area contributed by atoms with Crippen LogP contribution in [0, 0.1) is 17.2 Å². The largest absolute Gasteiger partial charge is 0.295 e. The van der Waals surface area contributed by atoms with Crippen molar-refractivity contribution in [2.24, 2.45) is 5.92 Å². The fourth-order valence-electron chi connectivity index (χ4n) is 2.67. The molecule has 0 saturated heterocycles. The summed E-state index contributed by atoms with van der Waals surface area (Å²) in [6.07, 6.45) is 4.04. The van der Waals surface area contributed by atoms with Gasteiger partial charge in [0.15, 0.2) is 5.54 Å². The van der Waals surface area contributed by atoms with Gasteiger partial charge >= 0.3 is 0 Å². The van der Waals surface area contributed by atoms with Crippen molar-refractivity contribution >= 4 is 12.0 Å². The number of carbonyl (C=O) groups is 1. The summed E-state index contributed by atoms with van der Waals surface area (Å²) in [6, 6.07) is 10.2. The Morgan fingerprint density at radius 2 is 2.11 bits per heavy atom. The van der Waals surface area contributed by atoms with Gasteiger partial charge in [-0.1, -0.05) is 45.0 Å². The predicted octanol–water partition coefficient (Wildman–Crippen LogP) is 3.28. The molecule has 1 atom stereocenters. The van der Waals surface area contributed by atoms with E-state index in [1.54, 1.807) is 11.1 Å². The highest BCUT2D eigenvalue weighted by Gasteiger charge is 2.45. The van der Waals surface area contributed by atoms with Crippen molar-refractivity contribution < 1.29 is 4.79 Å².